The summed E-state index contributed by atoms with van der Waals surface area (Å²) in [6.45, 7) is 0.841. The smallest absolute Gasteiger partial charge is 0.0931 e. The van der Waals surface area contributed by atoms with Crippen LogP contribution in [0.4, 0.5) is 0 Å². The molecular formula is C15H19ClN2O. The molecule has 0 radical (unpaired) electrons. The van der Waals surface area contributed by atoms with Gasteiger partial charge in [-0.05, 0) is 18.9 Å². The molecule has 1 fully saturated rings. The lowest BCUT2D eigenvalue weighted by Gasteiger charge is -2.28. The second-order valence-corrected chi connectivity index (χ2v) is 5.47. The third-order valence-corrected chi connectivity index (χ3v) is 4.13. The van der Waals surface area contributed by atoms with Crippen LogP contribution < -0.4 is 0 Å². The standard InChI is InChI=1S/C15H19ClN2O/c16-14-8-4-3-7-13(14)15(19)11-18(10-9-17)12-5-1-2-6-12/h3-4,7-8,12,15,19H,1-2,5-6,10-11H2. The summed E-state index contributed by atoms with van der Waals surface area (Å²) in [5, 5.41) is 19.8. The van der Waals surface area contributed by atoms with Crippen LogP contribution in [0.1, 0.15) is 37.4 Å². The van der Waals surface area contributed by atoms with Crippen LogP contribution in [0.5, 0.6) is 0 Å². The van der Waals surface area contributed by atoms with Gasteiger partial charge in [0.25, 0.3) is 0 Å². The quantitative estimate of drug-likeness (QED) is 0.842. The fourth-order valence-corrected chi connectivity index (χ4v) is 3.03. The normalized spacial score (nSPS) is 17.6. The molecule has 1 aliphatic rings. The summed E-state index contributed by atoms with van der Waals surface area (Å²) in [5.41, 5.74) is 0.741. The molecule has 0 aromatic heterocycles. The van der Waals surface area contributed by atoms with E-state index in [-0.39, 0.29) is 0 Å². The molecule has 1 atom stereocenters. The fraction of sp³-hybridized carbons (Fsp3) is 0.533. The number of halogens is 1. The molecule has 1 N–H and O–H groups in total. The van der Waals surface area contributed by atoms with Crippen molar-refractivity contribution in [2.24, 2.45) is 0 Å². The molecule has 0 aliphatic heterocycles. The first-order chi connectivity index (χ1) is 9.22. The van der Waals surface area contributed by atoms with Crippen molar-refractivity contribution in [2.75, 3.05) is 13.1 Å². The van der Waals surface area contributed by atoms with Crippen molar-refractivity contribution in [2.45, 2.75) is 37.8 Å². The summed E-state index contributed by atoms with van der Waals surface area (Å²) in [7, 11) is 0. The maximum atomic E-state index is 10.3. The molecule has 1 aliphatic carbocycles. The zero-order chi connectivity index (χ0) is 13.7. The molecule has 4 heteroatoms. The van der Waals surface area contributed by atoms with Gasteiger partial charge in [0, 0.05) is 23.2 Å². The van der Waals surface area contributed by atoms with Crippen LogP contribution in [0.3, 0.4) is 0 Å². The van der Waals surface area contributed by atoms with E-state index in [0.29, 0.717) is 24.2 Å². The summed E-state index contributed by atoms with van der Waals surface area (Å²) >= 11 is 6.10. The molecule has 1 aromatic carbocycles. The molecule has 0 amide bonds. The van der Waals surface area contributed by atoms with Crippen molar-refractivity contribution in [3.05, 3.63) is 34.9 Å². The zero-order valence-electron chi connectivity index (χ0n) is 10.9. The van der Waals surface area contributed by atoms with Gasteiger partial charge < -0.3 is 5.11 Å². The number of benzene rings is 1. The molecule has 1 saturated carbocycles. The predicted molar refractivity (Wildman–Crippen MR) is 75.9 cm³/mol. The van der Waals surface area contributed by atoms with Crippen LogP contribution in [-0.2, 0) is 0 Å². The Hall–Kier alpha value is -1.08. The molecule has 1 unspecified atom stereocenters. The SMILES string of the molecule is N#CCN(CC(O)c1ccccc1Cl)C1CCCC1. The van der Waals surface area contributed by atoms with Crippen molar-refractivity contribution in [1.29, 1.82) is 5.26 Å². The van der Waals surface area contributed by atoms with Gasteiger partial charge >= 0.3 is 0 Å². The number of aliphatic hydroxyl groups excluding tert-OH is 1. The highest BCUT2D eigenvalue weighted by Gasteiger charge is 2.25. The Morgan fingerprint density at radius 3 is 2.68 bits per heavy atom. The number of nitriles is 1. The van der Waals surface area contributed by atoms with Gasteiger partial charge in [0.1, 0.15) is 0 Å². The lowest BCUT2D eigenvalue weighted by molar-refractivity contribution is 0.0968. The fourth-order valence-electron chi connectivity index (χ4n) is 2.77. The van der Waals surface area contributed by atoms with E-state index < -0.39 is 6.10 Å². The molecule has 19 heavy (non-hydrogen) atoms. The van der Waals surface area contributed by atoms with Crippen LogP contribution >= 0.6 is 11.6 Å². The van der Waals surface area contributed by atoms with Gasteiger partial charge in [-0.25, -0.2) is 0 Å². The van der Waals surface area contributed by atoms with Gasteiger partial charge in [0.15, 0.2) is 0 Å². The summed E-state index contributed by atoms with van der Waals surface area (Å²) in [4.78, 5) is 2.08. The van der Waals surface area contributed by atoms with Gasteiger partial charge in [0.05, 0.1) is 18.7 Å². The number of aliphatic hydroxyl groups is 1. The summed E-state index contributed by atoms with van der Waals surface area (Å²) < 4.78 is 0. The topological polar surface area (TPSA) is 47.3 Å². The van der Waals surface area contributed by atoms with E-state index in [0.717, 1.165) is 18.4 Å². The van der Waals surface area contributed by atoms with Gasteiger partial charge in [0.2, 0.25) is 0 Å². The van der Waals surface area contributed by atoms with Crippen LogP contribution in [-0.4, -0.2) is 29.1 Å². The second-order valence-electron chi connectivity index (χ2n) is 5.06. The van der Waals surface area contributed by atoms with E-state index in [1.54, 1.807) is 6.07 Å². The Kier molecular flexibility index (Phi) is 5.21. The maximum Gasteiger partial charge on any atom is 0.0931 e. The summed E-state index contributed by atoms with van der Waals surface area (Å²) in [6, 6.07) is 9.97. The van der Waals surface area contributed by atoms with Gasteiger partial charge in [-0.1, -0.05) is 42.6 Å². The van der Waals surface area contributed by atoms with Crippen molar-refractivity contribution in [3.63, 3.8) is 0 Å². The van der Waals surface area contributed by atoms with Crippen LogP contribution in [0, 0.1) is 11.3 Å². The number of rotatable bonds is 5. The van der Waals surface area contributed by atoms with Crippen molar-refractivity contribution < 1.29 is 5.11 Å². The first-order valence-electron chi connectivity index (χ1n) is 6.76. The molecule has 3 nitrogen and oxygen atoms in total. The van der Waals surface area contributed by atoms with E-state index in [4.69, 9.17) is 16.9 Å². The van der Waals surface area contributed by atoms with E-state index in [1.807, 2.05) is 18.2 Å². The largest absolute Gasteiger partial charge is 0.387 e. The summed E-state index contributed by atoms with van der Waals surface area (Å²) in [6.07, 6.45) is 4.04. The first-order valence-corrected chi connectivity index (χ1v) is 7.13. The number of hydrogen-bond acceptors (Lipinski definition) is 3. The highest BCUT2D eigenvalue weighted by Crippen LogP contribution is 2.27. The minimum absolute atomic E-state index is 0.367. The molecule has 0 saturated heterocycles. The van der Waals surface area contributed by atoms with Crippen molar-refractivity contribution in [1.82, 2.24) is 4.90 Å². The Morgan fingerprint density at radius 2 is 2.05 bits per heavy atom. The Bertz CT molecular complexity index is 452. The molecule has 0 bridgehead atoms. The Balaban J connectivity index is 2.04. The predicted octanol–water partition coefficient (Wildman–Crippen LogP) is 3.14. The third kappa shape index (κ3) is 3.70. The van der Waals surface area contributed by atoms with Gasteiger partial charge in [-0.15, -0.1) is 0 Å². The van der Waals surface area contributed by atoms with Crippen molar-refractivity contribution in [3.8, 4) is 6.07 Å². The molecule has 1 aromatic rings. The van der Waals surface area contributed by atoms with E-state index in [1.165, 1.54) is 12.8 Å². The van der Waals surface area contributed by atoms with Crippen LogP contribution in [0.2, 0.25) is 5.02 Å². The molecule has 2 rings (SSSR count). The average molecular weight is 279 g/mol. The van der Waals surface area contributed by atoms with E-state index in [2.05, 4.69) is 11.0 Å². The van der Waals surface area contributed by atoms with Gasteiger partial charge in [-0.3, -0.25) is 4.90 Å². The zero-order valence-corrected chi connectivity index (χ0v) is 11.7. The first kappa shape index (κ1) is 14.3. The van der Waals surface area contributed by atoms with E-state index in [9.17, 15) is 5.11 Å². The highest BCUT2D eigenvalue weighted by atomic mass is 35.5. The van der Waals surface area contributed by atoms with Crippen LogP contribution in [0.25, 0.3) is 0 Å². The second kappa shape index (κ2) is 6.91. The summed E-state index contributed by atoms with van der Waals surface area (Å²) in [5.74, 6) is 0. The minimum atomic E-state index is -0.636. The Morgan fingerprint density at radius 1 is 1.37 bits per heavy atom. The molecule has 0 spiro atoms. The van der Waals surface area contributed by atoms with Gasteiger partial charge in [-0.2, -0.15) is 5.26 Å². The number of hydrogen-bond donors (Lipinski definition) is 1. The minimum Gasteiger partial charge on any atom is -0.387 e. The molecule has 0 heterocycles. The third-order valence-electron chi connectivity index (χ3n) is 3.79. The number of nitrogens with zero attached hydrogens (tertiary/aromatic N) is 2. The molecular weight excluding hydrogens is 260 g/mol. The lowest BCUT2D eigenvalue weighted by Crippen LogP contribution is -2.37. The highest BCUT2D eigenvalue weighted by molar-refractivity contribution is 6.31. The average Bonchev–Trinajstić information content (AvgIpc) is 2.92. The Labute approximate surface area is 119 Å². The monoisotopic (exact) mass is 278 g/mol. The lowest BCUT2D eigenvalue weighted by atomic mass is 10.1. The van der Waals surface area contributed by atoms with Crippen LogP contribution in [0.15, 0.2) is 24.3 Å². The van der Waals surface area contributed by atoms with E-state index >= 15 is 0 Å². The maximum absolute atomic E-state index is 10.3. The molecule has 102 valence electrons. The van der Waals surface area contributed by atoms with Crippen molar-refractivity contribution >= 4 is 11.6 Å².